The lowest BCUT2D eigenvalue weighted by molar-refractivity contribution is -0.251. The van der Waals surface area contributed by atoms with Crippen LogP contribution in [0.3, 0.4) is 0 Å². The fourth-order valence-corrected chi connectivity index (χ4v) is 2.39. The molecule has 8 heteroatoms. The van der Waals surface area contributed by atoms with Crippen LogP contribution in [-0.2, 0) is 22.2 Å². The van der Waals surface area contributed by atoms with E-state index < -0.39 is 18.0 Å². The van der Waals surface area contributed by atoms with Crippen molar-refractivity contribution in [1.82, 2.24) is 10.6 Å². The summed E-state index contributed by atoms with van der Waals surface area (Å²) in [4.78, 5) is 22.6. The number of hydrogen-bond donors (Lipinski definition) is 2. The van der Waals surface area contributed by atoms with Gasteiger partial charge in [-0.25, -0.2) is 4.39 Å². The zero-order valence-electron chi connectivity index (χ0n) is 12.4. The molecule has 2 amide bonds. The lowest BCUT2D eigenvalue weighted by Gasteiger charge is -2.19. The first kappa shape index (κ1) is 21.0. The molecule has 0 heterocycles. The molecule has 1 atom stereocenters. The average Bonchev–Trinajstić information content (AvgIpc) is 2.42. The Morgan fingerprint density at radius 2 is 1.86 bits per heavy atom. The maximum atomic E-state index is 12.8. The summed E-state index contributed by atoms with van der Waals surface area (Å²) in [6.45, 7) is 0.217. The highest BCUT2D eigenvalue weighted by Gasteiger charge is 2.20. The van der Waals surface area contributed by atoms with Crippen molar-refractivity contribution >= 4 is 46.9 Å². The van der Waals surface area contributed by atoms with Crippen LogP contribution in [-0.4, -0.2) is 36.3 Å². The van der Waals surface area contributed by atoms with E-state index in [2.05, 4.69) is 10.6 Å². The SMILES string of the molecule is C[S+](C)CCC(NC(=O)[O-])C(=O)NCc1ccc(F)cc1.I. The van der Waals surface area contributed by atoms with Crippen LogP contribution in [0.15, 0.2) is 24.3 Å². The van der Waals surface area contributed by atoms with E-state index in [0.717, 1.165) is 11.3 Å². The van der Waals surface area contributed by atoms with Gasteiger partial charge in [0.1, 0.15) is 23.7 Å². The van der Waals surface area contributed by atoms with Gasteiger partial charge < -0.3 is 20.5 Å². The molecule has 124 valence electrons. The summed E-state index contributed by atoms with van der Waals surface area (Å²) in [5.41, 5.74) is 0.739. The van der Waals surface area contributed by atoms with Gasteiger partial charge in [0, 0.05) is 13.0 Å². The smallest absolute Gasteiger partial charge is 0.242 e. The van der Waals surface area contributed by atoms with Crippen molar-refractivity contribution in [2.24, 2.45) is 0 Å². The molecule has 0 fully saturated rings. The molecule has 22 heavy (non-hydrogen) atoms. The van der Waals surface area contributed by atoms with Gasteiger partial charge in [0.05, 0.1) is 12.5 Å². The number of halogens is 2. The summed E-state index contributed by atoms with van der Waals surface area (Å²) in [6, 6.07) is 4.90. The second-order valence-corrected chi connectivity index (χ2v) is 7.19. The zero-order valence-corrected chi connectivity index (χ0v) is 15.6. The second-order valence-electron chi connectivity index (χ2n) is 4.81. The van der Waals surface area contributed by atoms with Crippen LogP contribution in [0, 0.1) is 5.82 Å². The van der Waals surface area contributed by atoms with Crippen molar-refractivity contribution in [2.45, 2.75) is 19.0 Å². The van der Waals surface area contributed by atoms with E-state index in [1.165, 1.54) is 12.1 Å². The molecule has 0 spiro atoms. The Hall–Kier alpha value is -1.03. The summed E-state index contributed by atoms with van der Waals surface area (Å²) in [5, 5.41) is 15.4. The summed E-state index contributed by atoms with van der Waals surface area (Å²) in [7, 11) is 0.115. The molecule has 5 nitrogen and oxygen atoms in total. The maximum absolute atomic E-state index is 12.8. The Kier molecular flexibility index (Phi) is 10.2. The predicted molar refractivity (Wildman–Crippen MR) is 94.7 cm³/mol. The Morgan fingerprint density at radius 3 is 2.36 bits per heavy atom. The van der Waals surface area contributed by atoms with Crippen LogP contribution in [0.2, 0.25) is 0 Å². The molecule has 0 saturated heterocycles. The summed E-state index contributed by atoms with van der Waals surface area (Å²) in [5.74, 6) is -0.0111. The highest BCUT2D eigenvalue weighted by molar-refractivity contribution is 14.0. The zero-order chi connectivity index (χ0) is 15.8. The molecule has 0 aliphatic rings. The van der Waals surface area contributed by atoms with Crippen LogP contribution in [0.5, 0.6) is 0 Å². The third kappa shape index (κ3) is 8.42. The third-order valence-corrected chi connectivity index (χ3v) is 3.86. The first-order valence-corrected chi connectivity index (χ1v) is 8.63. The van der Waals surface area contributed by atoms with Crippen molar-refractivity contribution in [3.8, 4) is 0 Å². The molecular weight excluding hydrogens is 422 g/mol. The van der Waals surface area contributed by atoms with Crippen molar-refractivity contribution in [2.75, 3.05) is 18.3 Å². The first-order chi connectivity index (χ1) is 9.88. The number of carboxylic acid groups (broad SMARTS) is 1. The highest BCUT2D eigenvalue weighted by atomic mass is 127. The van der Waals surface area contributed by atoms with Crippen LogP contribution in [0.25, 0.3) is 0 Å². The van der Waals surface area contributed by atoms with Gasteiger partial charge in [-0.1, -0.05) is 12.1 Å². The molecule has 1 aromatic rings. The molecule has 1 aromatic carbocycles. The predicted octanol–water partition coefficient (Wildman–Crippen LogP) is 0.629. The Morgan fingerprint density at radius 1 is 1.27 bits per heavy atom. The minimum atomic E-state index is -1.47. The van der Waals surface area contributed by atoms with Crippen LogP contribution in [0.1, 0.15) is 12.0 Å². The fourth-order valence-electron chi connectivity index (χ4n) is 1.68. The van der Waals surface area contributed by atoms with E-state index >= 15 is 0 Å². The molecule has 0 radical (unpaired) electrons. The van der Waals surface area contributed by atoms with Crippen LogP contribution >= 0.6 is 24.0 Å². The molecule has 0 saturated carbocycles. The molecule has 0 bridgehead atoms. The van der Waals surface area contributed by atoms with Crippen molar-refractivity contribution < 1.29 is 19.1 Å². The van der Waals surface area contributed by atoms with E-state index in [1.807, 2.05) is 12.5 Å². The number of amides is 2. The van der Waals surface area contributed by atoms with Gasteiger partial charge in [-0.05, 0) is 28.6 Å². The number of nitrogens with one attached hydrogen (secondary N) is 2. The second kappa shape index (κ2) is 10.7. The summed E-state index contributed by atoms with van der Waals surface area (Å²) in [6.07, 6.45) is 2.99. The minimum absolute atomic E-state index is 0. The molecule has 0 aromatic heterocycles. The summed E-state index contributed by atoms with van der Waals surface area (Å²) >= 11 is 0. The van der Waals surface area contributed by atoms with Crippen molar-refractivity contribution in [1.29, 1.82) is 0 Å². The lowest BCUT2D eigenvalue weighted by atomic mass is 10.2. The topological polar surface area (TPSA) is 81.3 Å². The number of hydrogen-bond acceptors (Lipinski definition) is 3. The quantitative estimate of drug-likeness (QED) is 0.480. The van der Waals surface area contributed by atoms with Gasteiger partial charge in [0.2, 0.25) is 5.91 Å². The lowest BCUT2D eigenvalue weighted by Crippen LogP contribution is -2.51. The molecular formula is C14H20FIN2O3S. The summed E-state index contributed by atoms with van der Waals surface area (Å²) < 4.78 is 12.8. The molecule has 1 rings (SSSR count). The number of rotatable bonds is 7. The van der Waals surface area contributed by atoms with Crippen LogP contribution in [0.4, 0.5) is 9.18 Å². The van der Waals surface area contributed by atoms with E-state index in [0.29, 0.717) is 6.42 Å². The van der Waals surface area contributed by atoms with Gasteiger partial charge in [-0.3, -0.25) is 4.79 Å². The molecule has 1 unspecified atom stereocenters. The average molecular weight is 442 g/mol. The number of carbonyl (C=O) groups is 2. The Bertz CT molecular complexity index is 485. The van der Waals surface area contributed by atoms with Gasteiger partial charge in [0.15, 0.2) is 0 Å². The maximum Gasteiger partial charge on any atom is 0.242 e. The van der Waals surface area contributed by atoms with Gasteiger partial charge in [-0.2, -0.15) is 0 Å². The van der Waals surface area contributed by atoms with Gasteiger partial charge in [-0.15, -0.1) is 24.0 Å². The van der Waals surface area contributed by atoms with E-state index in [1.54, 1.807) is 12.1 Å². The first-order valence-electron chi connectivity index (χ1n) is 6.42. The van der Waals surface area contributed by atoms with Gasteiger partial charge >= 0.3 is 0 Å². The Labute approximate surface area is 149 Å². The molecule has 0 aliphatic heterocycles. The fraction of sp³-hybridized carbons (Fsp3) is 0.429. The van der Waals surface area contributed by atoms with E-state index in [-0.39, 0.29) is 47.2 Å². The highest BCUT2D eigenvalue weighted by Crippen LogP contribution is 2.03. The number of carbonyl (C=O) groups excluding carboxylic acids is 2. The monoisotopic (exact) mass is 442 g/mol. The van der Waals surface area contributed by atoms with E-state index in [4.69, 9.17) is 0 Å². The molecule has 2 N–H and O–H groups in total. The van der Waals surface area contributed by atoms with Crippen LogP contribution < -0.4 is 15.7 Å². The van der Waals surface area contributed by atoms with Crippen molar-refractivity contribution in [3.05, 3.63) is 35.6 Å². The van der Waals surface area contributed by atoms with Crippen molar-refractivity contribution in [3.63, 3.8) is 0 Å². The van der Waals surface area contributed by atoms with Gasteiger partial charge in [0.25, 0.3) is 0 Å². The largest absolute Gasteiger partial charge is 0.530 e. The molecule has 0 aliphatic carbocycles. The minimum Gasteiger partial charge on any atom is -0.530 e. The van der Waals surface area contributed by atoms with E-state index in [9.17, 15) is 19.1 Å². The normalized spacial score (nSPS) is 11.5. The number of benzene rings is 1. The standard InChI is InChI=1S/C14H19FN2O3S.HI/c1-21(2)8-7-12(17-14(19)20)13(18)16-9-10-3-5-11(15)6-4-10;/h3-6,12,17H,7-9H2,1-2H3,(H-,16,18,19,20);1H. The Balaban J connectivity index is 0.00000441. The third-order valence-electron chi connectivity index (χ3n) is 2.80.